The average molecular weight is 396 g/mol. The van der Waals surface area contributed by atoms with Crippen LogP contribution in [0.3, 0.4) is 0 Å². The summed E-state index contributed by atoms with van der Waals surface area (Å²) in [5.41, 5.74) is 3.44. The Kier molecular flexibility index (Phi) is 4.20. The molecule has 1 saturated heterocycles. The molecule has 0 radical (unpaired) electrons. The van der Waals surface area contributed by atoms with Gasteiger partial charge in [-0.05, 0) is 54.3 Å². The van der Waals surface area contributed by atoms with Crippen molar-refractivity contribution in [2.75, 3.05) is 13.2 Å². The lowest BCUT2D eigenvalue weighted by Gasteiger charge is -2.23. The second kappa shape index (κ2) is 7.06. The third-order valence-corrected chi connectivity index (χ3v) is 6.77. The second-order valence-corrected chi connectivity index (χ2v) is 8.56. The van der Waals surface area contributed by atoms with E-state index in [2.05, 4.69) is 48.5 Å². The predicted molar refractivity (Wildman–Crippen MR) is 119 cm³/mol. The SMILES string of the molecule is O=c1c2c(C3CCOCC3)cccc2ccn1[C@@H]1C[C@@H]1c1ccc2ccccc2n1. The van der Waals surface area contributed by atoms with Gasteiger partial charge in [-0.1, -0.05) is 42.5 Å². The van der Waals surface area contributed by atoms with E-state index in [9.17, 15) is 4.79 Å². The van der Waals surface area contributed by atoms with Gasteiger partial charge in [-0.25, -0.2) is 0 Å². The Morgan fingerprint density at radius 3 is 2.63 bits per heavy atom. The summed E-state index contributed by atoms with van der Waals surface area (Å²) in [5.74, 6) is 0.711. The molecule has 0 spiro atoms. The minimum Gasteiger partial charge on any atom is -0.381 e. The monoisotopic (exact) mass is 396 g/mol. The summed E-state index contributed by atoms with van der Waals surface area (Å²) in [4.78, 5) is 18.4. The molecule has 2 fully saturated rings. The van der Waals surface area contributed by atoms with Crippen LogP contribution in [0.15, 0.2) is 71.7 Å². The number of hydrogen-bond donors (Lipinski definition) is 0. The summed E-state index contributed by atoms with van der Waals surface area (Å²) in [7, 11) is 0. The molecule has 0 amide bonds. The van der Waals surface area contributed by atoms with Crippen molar-refractivity contribution in [2.45, 2.75) is 37.1 Å². The van der Waals surface area contributed by atoms with E-state index in [0.717, 1.165) is 59.8 Å². The van der Waals surface area contributed by atoms with Crippen molar-refractivity contribution < 1.29 is 4.74 Å². The first-order valence-electron chi connectivity index (χ1n) is 10.9. The fourth-order valence-corrected chi connectivity index (χ4v) is 5.04. The quantitative estimate of drug-likeness (QED) is 0.480. The van der Waals surface area contributed by atoms with E-state index in [4.69, 9.17) is 9.72 Å². The summed E-state index contributed by atoms with van der Waals surface area (Å²) in [6.07, 6.45) is 4.92. The summed E-state index contributed by atoms with van der Waals surface area (Å²) < 4.78 is 7.49. The molecular formula is C26H24N2O2. The van der Waals surface area contributed by atoms with Gasteiger partial charge in [0, 0.05) is 42.5 Å². The minimum absolute atomic E-state index is 0.142. The number of pyridine rings is 2. The minimum atomic E-state index is 0.142. The Hall–Kier alpha value is -2.98. The van der Waals surface area contributed by atoms with Gasteiger partial charge < -0.3 is 9.30 Å². The molecule has 6 rings (SSSR count). The Morgan fingerprint density at radius 1 is 0.900 bits per heavy atom. The highest BCUT2D eigenvalue weighted by molar-refractivity contribution is 5.85. The maximum absolute atomic E-state index is 13.6. The van der Waals surface area contributed by atoms with Crippen LogP contribution in [0.1, 0.15) is 48.4 Å². The van der Waals surface area contributed by atoms with Gasteiger partial charge in [0.1, 0.15) is 0 Å². The molecule has 1 aliphatic heterocycles. The molecule has 0 N–H and O–H groups in total. The van der Waals surface area contributed by atoms with Crippen molar-refractivity contribution >= 4 is 21.7 Å². The van der Waals surface area contributed by atoms with Gasteiger partial charge in [-0.3, -0.25) is 9.78 Å². The van der Waals surface area contributed by atoms with E-state index in [1.165, 1.54) is 5.56 Å². The second-order valence-electron chi connectivity index (χ2n) is 8.56. The summed E-state index contributed by atoms with van der Waals surface area (Å²) >= 11 is 0. The van der Waals surface area contributed by atoms with Crippen molar-refractivity contribution in [3.63, 3.8) is 0 Å². The zero-order valence-electron chi connectivity index (χ0n) is 16.8. The van der Waals surface area contributed by atoms with Gasteiger partial charge in [0.15, 0.2) is 0 Å². The Labute approximate surface area is 175 Å². The average Bonchev–Trinajstić information content (AvgIpc) is 3.60. The molecule has 150 valence electrons. The van der Waals surface area contributed by atoms with E-state index < -0.39 is 0 Å². The lowest BCUT2D eigenvalue weighted by molar-refractivity contribution is 0.0856. The maximum Gasteiger partial charge on any atom is 0.258 e. The smallest absolute Gasteiger partial charge is 0.258 e. The first kappa shape index (κ1) is 17.8. The van der Waals surface area contributed by atoms with E-state index in [1.807, 2.05) is 22.9 Å². The Bertz CT molecular complexity index is 1300. The highest BCUT2D eigenvalue weighted by Crippen LogP contribution is 2.50. The van der Waals surface area contributed by atoms with Crippen molar-refractivity contribution in [3.8, 4) is 0 Å². The van der Waals surface area contributed by atoms with Gasteiger partial charge in [0.2, 0.25) is 0 Å². The lowest BCUT2D eigenvalue weighted by atomic mass is 9.88. The van der Waals surface area contributed by atoms with Crippen LogP contribution in [0.2, 0.25) is 0 Å². The van der Waals surface area contributed by atoms with Crippen LogP contribution in [0, 0.1) is 0 Å². The van der Waals surface area contributed by atoms with Crippen LogP contribution < -0.4 is 5.56 Å². The molecule has 1 aliphatic carbocycles. The van der Waals surface area contributed by atoms with E-state index in [0.29, 0.717) is 11.8 Å². The van der Waals surface area contributed by atoms with Gasteiger partial charge in [0.25, 0.3) is 5.56 Å². The number of fused-ring (bicyclic) bond motifs is 2. The maximum atomic E-state index is 13.6. The zero-order valence-corrected chi connectivity index (χ0v) is 16.8. The van der Waals surface area contributed by atoms with Crippen molar-refractivity contribution in [1.82, 2.24) is 9.55 Å². The molecule has 2 aromatic carbocycles. The molecule has 3 heterocycles. The third kappa shape index (κ3) is 2.94. The van der Waals surface area contributed by atoms with Gasteiger partial charge in [-0.15, -0.1) is 0 Å². The van der Waals surface area contributed by atoms with Crippen LogP contribution in [-0.2, 0) is 4.74 Å². The Balaban J connectivity index is 1.38. The number of para-hydroxylation sites is 1. The van der Waals surface area contributed by atoms with Gasteiger partial charge >= 0.3 is 0 Å². The number of aromatic nitrogens is 2. The molecule has 30 heavy (non-hydrogen) atoms. The molecule has 4 heteroatoms. The van der Waals surface area contributed by atoms with Crippen LogP contribution >= 0.6 is 0 Å². The molecular weight excluding hydrogens is 372 g/mol. The first-order valence-corrected chi connectivity index (χ1v) is 10.9. The van der Waals surface area contributed by atoms with Crippen LogP contribution in [0.4, 0.5) is 0 Å². The zero-order chi connectivity index (χ0) is 20.1. The fraction of sp³-hybridized carbons (Fsp3) is 0.308. The van der Waals surface area contributed by atoms with E-state index >= 15 is 0 Å². The molecule has 2 aromatic heterocycles. The number of nitrogens with zero attached hydrogens (tertiary/aromatic N) is 2. The van der Waals surface area contributed by atoms with Gasteiger partial charge in [-0.2, -0.15) is 0 Å². The number of ether oxygens (including phenoxy) is 1. The first-order chi connectivity index (χ1) is 14.8. The van der Waals surface area contributed by atoms with Crippen LogP contribution in [-0.4, -0.2) is 22.8 Å². The predicted octanol–water partition coefficient (Wildman–Crippen LogP) is 5.17. The lowest BCUT2D eigenvalue weighted by Crippen LogP contribution is -2.22. The van der Waals surface area contributed by atoms with E-state index in [-0.39, 0.29) is 11.6 Å². The summed E-state index contributed by atoms with van der Waals surface area (Å²) in [6.45, 7) is 1.56. The standard InChI is InChI=1S/C26H24N2O2/c29-26-25-19(5-3-6-20(25)17-11-14-30-15-12-17)10-13-28(26)24-16-21(24)23-9-8-18-4-1-2-7-22(18)27-23/h1-10,13,17,21,24H,11-12,14-16H2/t21-,24-/m1/s1. The molecule has 4 nitrogen and oxygen atoms in total. The molecule has 2 atom stereocenters. The van der Waals surface area contributed by atoms with Crippen LogP contribution in [0.5, 0.6) is 0 Å². The van der Waals surface area contributed by atoms with Gasteiger partial charge in [0.05, 0.1) is 10.9 Å². The van der Waals surface area contributed by atoms with Crippen molar-refractivity contribution in [2.24, 2.45) is 0 Å². The fourth-order valence-electron chi connectivity index (χ4n) is 5.04. The largest absolute Gasteiger partial charge is 0.381 e. The number of rotatable bonds is 3. The molecule has 4 aromatic rings. The van der Waals surface area contributed by atoms with Crippen molar-refractivity contribution in [3.05, 3.63) is 88.5 Å². The highest BCUT2D eigenvalue weighted by atomic mass is 16.5. The topological polar surface area (TPSA) is 44.1 Å². The third-order valence-electron chi connectivity index (χ3n) is 6.77. The number of hydrogen-bond acceptors (Lipinski definition) is 3. The van der Waals surface area contributed by atoms with Crippen LogP contribution in [0.25, 0.3) is 21.7 Å². The normalized spacial score (nSPS) is 21.9. The molecule has 0 unspecified atom stereocenters. The van der Waals surface area contributed by atoms with E-state index in [1.54, 1.807) is 0 Å². The highest BCUT2D eigenvalue weighted by Gasteiger charge is 2.41. The molecule has 1 saturated carbocycles. The summed E-state index contributed by atoms with van der Waals surface area (Å²) in [5, 5.41) is 3.09. The molecule has 0 bridgehead atoms. The van der Waals surface area contributed by atoms with Crippen molar-refractivity contribution in [1.29, 1.82) is 0 Å². The summed E-state index contributed by atoms with van der Waals surface area (Å²) in [6, 6.07) is 21.0. The number of benzene rings is 2. The Morgan fingerprint density at radius 2 is 1.73 bits per heavy atom. The molecule has 2 aliphatic rings.